The minimum absolute atomic E-state index is 0.202. The van der Waals surface area contributed by atoms with Crippen molar-refractivity contribution in [3.05, 3.63) is 42.1 Å². The molecule has 0 amide bonds. The topological polar surface area (TPSA) is 48.1 Å². The largest absolute Gasteiger partial charge is 0.372 e. The summed E-state index contributed by atoms with van der Waals surface area (Å²) in [5.74, 6) is 0. The van der Waals surface area contributed by atoms with Gasteiger partial charge in [-0.15, -0.1) is 0 Å². The van der Waals surface area contributed by atoms with Crippen molar-refractivity contribution < 1.29 is 4.74 Å². The summed E-state index contributed by atoms with van der Waals surface area (Å²) >= 11 is 0. The molecule has 3 heteroatoms. The van der Waals surface area contributed by atoms with E-state index in [1.54, 1.807) is 0 Å². The zero-order valence-corrected chi connectivity index (χ0v) is 10.4. The molecule has 18 heavy (non-hydrogen) atoms. The van der Waals surface area contributed by atoms with Gasteiger partial charge in [-0.2, -0.15) is 0 Å². The van der Waals surface area contributed by atoms with Crippen molar-refractivity contribution in [2.45, 2.75) is 38.0 Å². The molecule has 3 rings (SSSR count). The maximum atomic E-state index is 6.02. The fourth-order valence-electron chi connectivity index (χ4n) is 2.64. The van der Waals surface area contributed by atoms with Crippen LogP contribution in [0.1, 0.15) is 24.8 Å². The van der Waals surface area contributed by atoms with E-state index in [0.717, 1.165) is 29.3 Å². The Morgan fingerprint density at radius 1 is 1.22 bits per heavy atom. The molecular weight excluding hydrogens is 224 g/mol. The number of ether oxygens (including phenoxy) is 1. The van der Waals surface area contributed by atoms with Crippen molar-refractivity contribution in [2.24, 2.45) is 5.73 Å². The summed E-state index contributed by atoms with van der Waals surface area (Å²) in [5.41, 5.74) is 8.19. The molecule has 2 N–H and O–H groups in total. The standard InChI is InChI=1S/C15H18N2O/c16-13-7-2-8-14(13)18-10-12-5-1-4-11-6-3-9-17-15(11)12/h1,3-6,9,13-14H,2,7-8,10,16H2. The van der Waals surface area contributed by atoms with Gasteiger partial charge in [-0.25, -0.2) is 0 Å². The molecule has 0 radical (unpaired) electrons. The number of rotatable bonds is 3. The van der Waals surface area contributed by atoms with E-state index in [2.05, 4.69) is 29.2 Å². The second-order valence-electron chi connectivity index (χ2n) is 4.94. The third-order valence-electron chi connectivity index (χ3n) is 3.67. The monoisotopic (exact) mass is 242 g/mol. The lowest BCUT2D eigenvalue weighted by molar-refractivity contribution is 0.0363. The summed E-state index contributed by atoms with van der Waals surface area (Å²) in [7, 11) is 0. The molecule has 1 aromatic heterocycles. The molecule has 1 saturated carbocycles. The number of hydrogen-bond donors (Lipinski definition) is 1. The summed E-state index contributed by atoms with van der Waals surface area (Å²) in [6.07, 6.45) is 5.38. The van der Waals surface area contributed by atoms with E-state index in [-0.39, 0.29) is 12.1 Å². The molecule has 1 aliphatic rings. The molecule has 3 nitrogen and oxygen atoms in total. The third kappa shape index (κ3) is 2.24. The van der Waals surface area contributed by atoms with E-state index in [1.807, 2.05) is 12.3 Å². The first kappa shape index (κ1) is 11.6. The number of aromatic nitrogens is 1. The summed E-state index contributed by atoms with van der Waals surface area (Å²) in [4.78, 5) is 4.43. The van der Waals surface area contributed by atoms with Gasteiger partial charge in [0.2, 0.25) is 0 Å². The second-order valence-corrected chi connectivity index (χ2v) is 4.94. The van der Waals surface area contributed by atoms with Gasteiger partial charge >= 0.3 is 0 Å². The number of para-hydroxylation sites is 1. The van der Waals surface area contributed by atoms with Crippen LogP contribution in [-0.4, -0.2) is 17.1 Å². The Bertz CT molecular complexity index is 536. The molecule has 1 aliphatic carbocycles. The Kier molecular flexibility index (Phi) is 3.26. The molecule has 0 saturated heterocycles. The maximum Gasteiger partial charge on any atom is 0.0757 e. The van der Waals surface area contributed by atoms with Crippen LogP contribution in [0, 0.1) is 0 Å². The van der Waals surface area contributed by atoms with Crippen molar-refractivity contribution >= 4 is 10.9 Å². The van der Waals surface area contributed by atoms with Crippen LogP contribution in [0.5, 0.6) is 0 Å². The van der Waals surface area contributed by atoms with Gasteiger partial charge in [0.15, 0.2) is 0 Å². The molecule has 0 aliphatic heterocycles. The van der Waals surface area contributed by atoms with E-state index in [9.17, 15) is 0 Å². The van der Waals surface area contributed by atoms with Gasteiger partial charge in [0.25, 0.3) is 0 Å². The summed E-state index contributed by atoms with van der Waals surface area (Å²) in [5, 5.41) is 1.16. The quantitative estimate of drug-likeness (QED) is 0.900. The fourth-order valence-corrected chi connectivity index (χ4v) is 2.64. The number of hydrogen-bond acceptors (Lipinski definition) is 3. The molecular formula is C15H18N2O. The van der Waals surface area contributed by atoms with Gasteiger partial charge in [0.05, 0.1) is 18.2 Å². The van der Waals surface area contributed by atoms with Crippen molar-refractivity contribution in [2.75, 3.05) is 0 Å². The lowest BCUT2D eigenvalue weighted by Gasteiger charge is -2.16. The van der Waals surface area contributed by atoms with Crippen molar-refractivity contribution in [1.29, 1.82) is 0 Å². The Balaban J connectivity index is 1.78. The molecule has 2 aromatic rings. The zero-order chi connectivity index (χ0) is 12.4. The minimum Gasteiger partial charge on any atom is -0.372 e. The van der Waals surface area contributed by atoms with Crippen LogP contribution in [0.4, 0.5) is 0 Å². The van der Waals surface area contributed by atoms with Gasteiger partial charge in [-0.1, -0.05) is 24.3 Å². The van der Waals surface area contributed by atoms with Crippen LogP contribution in [0.15, 0.2) is 36.5 Å². The van der Waals surface area contributed by atoms with Gasteiger partial charge in [-0.3, -0.25) is 4.98 Å². The predicted octanol–water partition coefficient (Wildman–Crippen LogP) is 2.63. The highest BCUT2D eigenvalue weighted by molar-refractivity contribution is 5.81. The molecule has 94 valence electrons. The minimum atomic E-state index is 0.202. The Morgan fingerprint density at radius 3 is 2.94 bits per heavy atom. The molecule has 1 fully saturated rings. The number of pyridine rings is 1. The van der Waals surface area contributed by atoms with Crippen molar-refractivity contribution in [1.82, 2.24) is 4.98 Å². The van der Waals surface area contributed by atoms with E-state index in [0.29, 0.717) is 6.61 Å². The van der Waals surface area contributed by atoms with Crippen LogP contribution >= 0.6 is 0 Å². The number of nitrogens with zero attached hydrogens (tertiary/aromatic N) is 1. The fraction of sp³-hybridized carbons (Fsp3) is 0.400. The molecule has 1 heterocycles. The van der Waals surface area contributed by atoms with Gasteiger partial charge in [0, 0.05) is 23.2 Å². The van der Waals surface area contributed by atoms with Crippen molar-refractivity contribution in [3.63, 3.8) is 0 Å². The van der Waals surface area contributed by atoms with Gasteiger partial charge in [0.1, 0.15) is 0 Å². The van der Waals surface area contributed by atoms with E-state index in [1.165, 1.54) is 6.42 Å². The highest BCUT2D eigenvalue weighted by atomic mass is 16.5. The Labute approximate surface area is 107 Å². The average molecular weight is 242 g/mol. The summed E-state index contributed by atoms with van der Waals surface area (Å²) in [6, 6.07) is 10.4. The van der Waals surface area contributed by atoms with Crippen LogP contribution in [0.25, 0.3) is 10.9 Å². The molecule has 0 bridgehead atoms. The predicted molar refractivity (Wildman–Crippen MR) is 72.1 cm³/mol. The number of benzene rings is 1. The highest BCUT2D eigenvalue weighted by Gasteiger charge is 2.24. The van der Waals surface area contributed by atoms with Gasteiger partial charge in [-0.05, 0) is 25.3 Å². The SMILES string of the molecule is NC1CCCC1OCc1cccc2cccnc12. The first-order valence-electron chi connectivity index (χ1n) is 6.54. The maximum absolute atomic E-state index is 6.02. The Hall–Kier alpha value is -1.45. The summed E-state index contributed by atoms with van der Waals surface area (Å²) in [6.45, 7) is 0.604. The molecule has 2 atom stereocenters. The second kappa shape index (κ2) is 5.04. The number of fused-ring (bicyclic) bond motifs is 1. The van der Waals surface area contributed by atoms with E-state index < -0.39 is 0 Å². The van der Waals surface area contributed by atoms with Crippen molar-refractivity contribution in [3.8, 4) is 0 Å². The van der Waals surface area contributed by atoms with E-state index in [4.69, 9.17) is 10.5 Å². The molecule has 0 spiro atoms. The van der Waals surface area contributed by atoms with Crippen LogP contribution in [0.3, 0.4) is 0 Å². The smallest absolute Gasteiger partial charge is 0.0757 e. The zero-order valence-electron chi connectivity index (χ0n) is 10.4. The molecule has 2 unspecified atom stereocenters. The first-order valence-corrected chi connectivity index (χ1v) is 6.54. The Morgan fingerprint density at radius 2 is 2.11 bits per heavy atom. The highest BCUT2D eigenvalue weighted by Crippen LogP contribution is 2.23. The van der Waals surface area contributed by atoms with Gasteiger partial charge < -0.3 is 10.5 Å². The third-order valence-corrected chi connectivity index (χ3v) is 3.67. The van der Waals surface area contributed by atoms with Crippen LogP contribution in [-0.2, 0) is 11.3 Å². The summed E-state index contributed by atoms with van der Waals surface area (Å²) < 4.78 is 5.94. The van der Waals surface area contributed by atoms with Crippen LogP contribution < -0.4 is 5.73 Å². The molecule has 1 aromatic carbocycles. The van der Waals surface area contributed by atoms with E-state index >= 15 is 0 Å². The number of nitrogens with two attached hydrogens (primary N) is 1. The first-order chi connectivity index (χ1) is 8.84. The van der Waals surface area contributed by atoms with Crippen LogP contribution in [0.2, 0.25) is 0 Å². The lowest BCUT2D eigenvalue weighted by atomic mass is 10.1. The normalized spacial score (nSPS) is 23.6. The average Bonchev–Trinajstić information content (AvgIpc) is 2.82. The lowest BCUT2D eigenvalue weighted by Crippen LogP contribution is -2.31.